The minimum absolute atomic E-state index is 0.229. The van der Waals surface area contributed by atoms with Gasteiger partial charge in [-0.2, -0.15) is 0 Å². The Morgan fingerprint density at radius 3 is 2.45 bits per heavy atom. The van der Waals surface area contributed by atoms with Gasteiger partial charge in [-0.3, -0.25) is 4.90 Å². The number of carbonyl (C=O) groups excluding carboxylic acids is 1. The number of carbonyl (C=O) groups is 1. The third-order valence-electron chi connectivity index (χ3n) is 6.47. The van der Waals surface area contributed by atoms with Crippen molar-refractivity contribution in [1.29, 1.82) is 0 Å². The molecule has 0 aromatic carbocycles. The fourth-order valence-electron chi connectivity index (χ4n) is 4.58. The molecule has 1 aromatic rings. The zero-order chi connectivity index (χ0) is 21.8. The zero-order valence-corrected chi connectivity index (χ0v) is 19.3. The molecule has 7 nitrogen and oxygen atoms in total. The standard InChI is InChI=1S/C24H38N4O3/c1-24(2,3)31-23(29)26-19-8-10-20(11-9-19)27-13-15-28(16-14-27)22-21(5-4-12-25-22)30-17-18-6-7-18/h4-5,12,18-20H,6-11,13-17H2,1-3H3,(H,26,29). The van der Waals surface area contributed by atoms with Crippen molar-refractivity contribution in [2.45, 2.75) is 77.0 Å². The highest BCUT2D eigenvalue weighted by atomic mass is 16.6. The molecular weight excluding hydrogens is 392 g/mol. The predicted molar refractivity (Wildman–Crippen MR) is 122 cm³/mol. The van der Waals surface area contributed by atoms with E-state index in [1.54, 1.807) is 0 Å². The SMILES string of the molecule is CC(C)(C)OC(=O)NC1CCC(N2CCN(c3ncccc3OCC3CC3)CC2)CC1. The Morgan fingerprint density at radius 2 is 1.81 bits per heavy atom. The Bertz CT molecular complexity index is 731. The monoisotopic (exact) mass is 430 g/mol. The van der Waals surface area contributed by atoms with Crippen LogP contribution in [0.2, 0.25) is 0 Å². The van der Waals surface area contributed by atoms with Gasteiger partial charge >= 0.3 is 6.09 Å². The van der Waals surface area contributed by atoms with Gasteiger partial charge in [0.25, 0.3) is 0 Å². The molecule has 0 bridgehead atoms. The minimum atomic E-state index is -0.447. The third kappa shape index (κ3) is 6.48. The molecule has 1 aromatic heterocycles. The summed E-state index contributed by atoms with van der Waals surface area (Å²) in [4.78, 5) is 21.6. The first-order chi connectivity index (χ1) is 14.9. The maximum absolute atomic E-state index is 12.0. The molecule has 1 saturated heterocycles. The number of alkyl carbamates (subject to hydrolysis) is 1. The summed E-state index contributed by atoms with van der Waals surface area (Å²) in [5.74, 6) is 2.66. The van der Waals surface area contributed by atoms with Gasteiger partial charge in [0.1, 0.15) is 5.60 Å². The Hall–Kier alpha value is -2.02. The van der Waals surface area contributed by atoms with E-state index >= 15 is 0 Å². The molecule has 0 atom stereocenters. The Balaban J connectivity index is 1.22. The van der Waals surface area contributed by atoms with Crippen LogP contribution in [0.15, 0.2) is 18.3 Å². The van der Waals surface area contributed by atoms with Gasteiger partial charge < -0.3 is 19.7 Å². The second-order valence-electron chi connectivity index (χ2n) is 10.3. The first-order valence-electron chi connectivity index (χ1n) is 11.9. The van der Waals surface area contributed by atoms with Crippen molar-refractivity contribution in [2.24, 2.45) is 5.92 Å². The second-order valence-corrected chi connectivity index (χ2v) is 10.3. The number of hydrogen-bond donors (Lipinski definition) is 1. The fourth-order valence-corrected chi connectivity index (χ4v) is 4.58. The molecule has 2 saturated carbocycles. The lowest BCUT2D eigenvalue weighted by Crippen LogP contribution is -2.52. The fraction of sp³-hybridized carbons (Fsp3) is 0.750. The van der Waals surface area contributed by atoms with E-state index in [-0.39, 0.29) is 12.1 Å². The summed E-state index contributed by atoms with van der Waals surface area (Å²) < 4.78 is 11.5. The smallest absolute Gasteiger partial charge is 0.407 e. The van der Waals surface area contributed by atoms with Crippen LogP contribution < -0.4 is 15.0 Å². The lowest BCUT2D eigenvalue weighted by atomic mass is 9.90. The van der Waals surface area contributed by atoms with Crippen LogP contribution in [0.5, 0.6) is 5.75 Å². The van der Waals surface area contributed by atoms with Crippen LogP contribution >= 0.6 is 0 Å². The van der Waals surface area contributed by atoms with Gasteiger partial charge in [0.05, 0.1) is 6.61 Å². The van der Waals surface area contributed by atoms with Gasteiger partial charge in [0.15, 0.2) is 11.6 Å². The van der Waals surface area contributed by atoms with Gasteiger partial charge in [-0.25, -0.2) is 9.78 Å². The number of nitrogens with zero attached hydrogens (tertiary/aromatic N) is 3. The Labute approximate surface area is 186 Å². The third-order valence-corrected chi connectivity index (χ3v) is 6.47. The summed E-state index contributed by atoms with van der Waals surface area (Å²) in [5, 5.41) is 3.05. The van der Waals surface area contributed by atoms with Crippen LogP contribution in [0.25, 0.3) is 0 Å². The van der Waals surface area contributed by atoms with Gasteiger partial charge in [-0.1, -0.05) is 0 Å². The molecule has 1 amide bonds. The summed E-state index contributed by atoms with van der Waals surface area (Å²) in [5.41, 5.74) is -0.447. The quantitative estimate of drug-likeness (QED) is 0.740. The average Bonchev–Trinajstić information content (AvgIpc) is 3.56. The molecular formula is C24H38N4O3. The summed E-state index contributed by atoms with van der Waals surface area (Å²) in [6, 6.07) is 4.85. The number of ether oxygens (including phenoxy) is 2. The van der Waals surface area contributed by atoms with Gasteiger partial charge in [-0.15, -0.1) is 0 Å². The van der Waals surface area contributed by atoms with Crippen LogP contribution in [-0.4, -0.2) is 66.4 Å². The average molecular weight is 431 g/mol. The molecule has 31 heavy (non-hydrogen) atoms. The van der Waals surface area contributed by atoms with Crippen LogP contribution in [0.3, 0.4) is 0 Å². The topological polar surface area (TPSA) is 66.9 Å². The van der Waals surface area contributed by atoms with E-state index in [9.17, 15) is 4.79 Å². The molecule has 0 unspecified atom stereocenters. The number of amides is 1. The van der Waals surface area contributed by atoms with Crippen molar-refractivity contribution in [3.8, 4) is 5.75 Å². The Kier molecular flexibility index (Phi) is 6.89. The van der Waals surface area contributed by atoms with E-state index in [1.807, 2.05) is 33.0 Å². The lowest BCUT2D eigenvalue weighted by molar-refractivity contribution is 0.0475. The number of hydrogen-bond acceptors (Lipinski definition) is 6. The van der Waals surface area contributed by atoms with Crippen molar-refractivity contribution in [1.82, 2.24) is 15.2 Å². The van der Waals surface area contributed by atoms with E-state index in [0.29, 0.717) is 6.04 Å². The highest BCUT2D eigenvalue weighted by Gasteiger charge is 2.31. The first kappa shape index (κ1) is 22.2. The van der Waals surface area contributed by atoms with Crippen LogP contribution in [0, 0.1) is 5.92 Å². The van der Waals surface area contributed by atoms with Gasteiger partial charge in [0.2, 0.25) is 0 Å². The normalized spacial score (nSPS) is 25.2. The molecule has 172 valence electrons. The molecule has 1 N–H and O–H groups in total. The van der Waals surface area contributed by atoms with E-state index in [4.69, 9.17) is 9.47 Å². The largest absolute Gasteiger partial charge is 0.489 e. The number of nitrogens with one attached hydrogen (secondary N) is 1. The second kappa shape index (κ2) is 9.63. The van der Waals surface area contributed by atoms with Crippen LogP contribution in [-0.2, 0) is 4.74 Å². The number of anilines is 1. The number of rotatable bonds is 6. The molecule has 3 aliphatic rings. The highest BCUT2D eigenvalue weighted by Crippen LogP contribution is 2.33. The molecule has 4 rings (SSSR count). The maximum atomic E-state index is 12.0. The van der Waals surface area contributed by atoms with E-state index in [1.165, 1.54) is 12.8 Å². The predicted octanol–water partition coefficient (Wildman–Crippen LogP) is 3.83. The molecule has 2 heterocycles. The molecule has 3 fully saturated rings. The van der Waals surface area contributed by atoms with Crippen molar-refractivity contribution in [3.05, 3.63) is 18.3 Å². The van der Waals surface area contributed by atoms with Crippen molar-refractivity contribution in [2.75, 3.05) is 37.7 Å². The molecule has 2 aliphatic carbocycles. The van der Waals surface area contributed by atoms with Crippen molar-refractivity contribution in [3.63, 3.8) is 0 Å². The molecule has 0 spiro atoms. The number of aromatic nitrogens is 1. The van der Waals surface area contributed by atoms with Crippen LogP contribution in [0.1, 0.15) is 59.3 Å². The van der Waals surface area contributed by atoms with Gasteiger partial charge in [-0.05, 0) is 77.3 Å². The number of pyridine rings is 1. The van der Waals surface area contributed by atoms with E-state index < -0.39 is 5.60 Å². The van der Waals surface area contributed by atoms with Crippen LogP contribution in [0.4, 0.5) is 10.6 Å². The summed E-state index contributed by atoms with van der Waals surface area (Å²) >= 11 is 0. The van der Waals surface area contributed by atoms with E-state index in [0.717, 1.165) is 76.0 Å². The first-order valence-corrected chi connectivity index (χ1v) is 11.9. The summed E-state index contributed by atoms with van der Waals surface area (Å²) in [6.07, 6.45) is 8.45. The summed E-state index contributed by atoms with van der Waals surface area (Å²) in [6.45, 7) is 10.6. The molecule has 0 radical (unpaired) electrons. The van der Waals surface area contributed by atoms with Gasteiger partial charge in [0, 0.05) is 44.5 Å². The minimum Gasteiger partial charge on any atom is -0.489 e. The lowest BCUT2D eigenvalue weighted by Gasteiger charge is -2.42. The van der Waals surface area contributed by atoms with Crippen molar-refractivity contribution < 1.29 is 14.3 Å². The molecule has 7 heteroatoms. The Morgan fingerprint density at radius 1 is 1.10 bits per heavy atom. The highest BCUT2D eigenvalue weighted by molar-refractivity contribution is 5.68. The molecule has 1 aliphatic heterocycles. The van der Waals surface area contributed by atoms with E-state index in [2.05, 4.69) is 26.2 Å². The number of piperazine rings is 1. The van der Waals surface area contributed by atoms with Crippen molar-refractivity contribution >= 4 is 11.9 Å². The summed E-state index contributed by atoms with van der Waals surface area (Å²) in [7, 11) is 0. The maximum Gasteiger partial charge on any atom is 0.407 e. The zero-order valence-electron chi connectivity index (χ0n) is 19.3.